The fourth-order valence-corrected chi connectivity index (χ4v) is 2.27. The van der Waals surface area contributed by atoms with E-state index in [1.165, 1.54) is 7.11 Å². The number of nitrogens with zero attached hydrogens (tertiary/aromatic N) is 2. The van der Waals surface area contributed by atoms with Crippen molar-refractivity contribution in [1.29, 1.82) is 0 Å². The molecule has 0 aliphatic rings. The van der Waals surface area contributed by atoms with E-state index in [-0.39, 0.29) is 5.91 Å². The van der Waals surface area contributed by atoms with E-state index in [0.29, 0.717) is 34.5 Å². The molecule has 7 nitrogen and oxygen atoms in total. The molecule has 1 heterocycles. The Kier molecular flexibility index (Phi) is 4.65. The van der Waals surface area contributed by atoms with Gasteiger partial charge in [0.25, 0.3) is 11.8 Å². The van der Waals surface area contributed by atoms with E-state index in [1.54, 1.807) is 56.5 Å². The monoisotopic (exact) mass is 339 g/mol. The lowest BCUT2D eigenvalue weighted by Crippen LogP contribution is -2.12. The highest BCUT2D eigenvalue weighted by atomic mass is 16.5. The summed E-state index contributed by atoms with van der Waals surface area (Å²) in [7, 11) is 3.10. The van der Waals surface area contributed by atoms with E-state index in [9.17, 15) is 4.79 Å². The molecule has 0 unspecified atom stereocenters. The molecule has 1 N–H and O–H groups in total. The van der Waals surface area contributed by atoms with Gasteiger partial charge in [-0.05, 0) is 43.3 Å². The number of amides is 1. The van der Waals surface area contributed by atoms with E-state index < -0.39 is 0 Å². The van der Waals surface area contributed by atoms with Crippen LogP contribution < -0.4 is 14.8 Å². The molecule has 0 radical (unpaired) electrons. The number of anilines is 1. The summed E-state index contributed by atoms with van der Waals surface area (Å²) in [6.45, 7) is 1.75. The lowest BCUT2D eigenvalue weighted by Gasteiger charge is -2.11. The molecule has 0 spiro atoms. The lowest BCUT2D eigenvalue weighted by molar-refractivity contribution is 0.102. The van der Waals surface area contributed by atoms with Gasteiger partial charge < -0.3 is 19.3 Å². The zero-order valence-corrected chi connectivity index (χ0v) is 14.1. The van der Waals surface area contributed by atoms with E-state index in [1.807, 2.05) is 0 Å². The van der Waals surface area contributed by atoms with Gasteiger partial charge in [0, 0.05) is 17.2 Å². The zero-order chi connectivity index (χ0) is 17.8. The fourth-order valence-electron chi connectivity index (χ4n) is 2.27. The van der Waals surface area contributed by atoms with Gasteiger partial charge in [-0.3, -0.25) is 4.79 Å². The van der Waals surface area contributed by atoms with Crippen LogP contribution in [0.4, 0.5) is 5.69 Å². The molecule has 7 heteroatoms. The number of methoxy groups -OCH3 is 2. The van der Waals surface area contributed by atoms with Gasteiger partial charge in [-0.1, -0.05) is 5.16 Å². The number of nitrogens with one attached hydrogen (secondary N) is 1. The topological polar surface area (TPSA) is 86.5 Å². The van der Waals surface area contributed by atoms with Crippen molar-refractivity contribution in [2.24, 2.45) is 0 Å². The van der Waals surface area contributed by atoms with Crippen LogP contribution in [0.15, 0.2) is 47.0 Å². The highest BCUT2D eigenvalue weighted by Gasteiger charge is 2.12. The molecule has 25 heavy (non-hydrogen) atoms. The summed E-state index contributed by atoms with van der Waals surface area (Å²) in [5, 5.41) is 6.57. The summed E-state index contributed by atoms with van der Waals surface area (Å²) in [4.78, 5) is 16.6. The Morgan fingerprint density at radius 3 is 2.44 bits per heavy atom. The number of ether oxygens (including phenoxy) is 2. The van der Waals surface area contributed by atoms with Crippen molar-refractivity contribution >= 4 is 11.6 Å². The molecule has 3 rings (SSSR count). The smallest absolute Gasteiger partial charge is 0.257 e. The maximum Gasteiger partial charge on any atom is 0.257 e. The largest absolute Gasteiger partial charge is 0.497 e. The van der Waals surface area contributed by atoms with Gasteiger partial charge >= 0.3 is 0 Å². The number of hydrogen-bond donors (Lipinski definition) is 1. The van der Waals surface area contributed by atoms with Gasteiger partial charge in [0.05, 0.1) is 19.9 Å². The number of aromatic nitrogens is 2. The summed E-state index contributed by atoms with van der Waals surface area (Å²) >= 11 is 0. The van der Waals surface area contributed by atoms with Crippen molar-refractivity contribution in [2.45, 2.75) is 6.92 Å². The molecular formula is C18H17N3O4. The Balaban J connectivity index is 1.77. The molecular weight excluding hydrogens is 322 g/mol. The van der Waals surface area contributed by atoms with Crippen LogP contribution in [0.25, 0.3) is 11.5 Å². The molecule has 0 saturated heterocycles. The van der Waals surface area contributed by atoms with Gasteiger partial charge in [0.15, 0.2) is 5.82 Å². The molecule has 0 atom stereocenters. The van der Waals surface area contributed by atoms with Crippen LogP contribution in [0, 0.1) is 6.92 Å². The zero-order valence-electron chi connectivity index (χ0n) is 14.1. The third kappa shape index (κ3) is 3.60. The van der Waals surface area contributed by atoms with Gasteiger partial charge in [-0.25, -0.2) is 0 Å². The summed E-state index contributed by atoms with van der Waals surface area (Å²) in [6, 6.07) is 12.1. The average Bonchev–Trinajstić information content (AvgIpc) is 3.08. The van der Waals surface area contributed by atoms with Crippen molar-refractivity contribution in [1.82, 2.24) is 10.1 Å². The highest BCUT2D eigenvalue weighted by molar-refractivity contribution is 6.05. The van der Waals surface area contributed by atoms with Crippen LogP contribution in [0.2, 0.25) is 0 Å². The third-order valence-corrected chi connectivity index (χ3v) is 3.58. The van der Waals surface area contributed by atoms with Gasteiger partial charge in [0.2, 0.25) is 0 Å². The third-order valence-electron chi connectivity index (χ3n) is 3.58. The molecule has 0 aliphatic carbocycles. The van der Waals surface area contributed by atoms with Crippen LogP contribution in [0.3, 0.4) is 0 Å². The van der Waals surface area contributed by atoms with Crippen molar-refractivity contribution < 1.29 is 18.8 Å². The Labute approximate surface area is 144 Å². The SMILES string of the molecule is COc1ccc(NC(=O)c2ccc(-c3nc(C)no3)cc2)c(OC)c1. The minimum atomic E-state index is -0.253. The predicted molar refractivity (Wildman–Crippen MR) is 92.0 cm³/mol. The van der Waals surface area contributed by atoms with E-state index in [2.05, 4.69) is 15.5 Å². The molecule has 0 saturated carbocycles. The average molecular weight is 339 g/mol. The molecule has 1 amide bonds. The normalized spacial score (nSPS) is 10.4. The highest BCUT2D eigenvalue weighted by Crippen LogP contribution is 2.29. The predicted octanol–water partition coefficient (Wildman–Crippen LogP) is 3.31. The summed E-state index contributed by atoms with van der Waals surface area (Å²) < 4.78 is 15.5. The van der Waals surface area contributed by atoms with E-state index >= 15 is 0 Å². The van der Waals surface area contributed by atoms with Crippen LogP contribution >= 0.6 is 0 Å². The first-order valence-corrected chi connectivity index (χ1v) is 7.55. The molecule has 0 aliphatic heterocycles. The quantitative estimate of drug-likeness (QED) is 0.767. The number of benzene rings is 2. The molecule has 3 aromatic rings. The van der Waals surface area contributed by atoms with Crippen LogP contribution in [-0.4, -0.2) is 30.3 Å². The Morgan fingerprint density at radius 2 is 1.84 bits per heavy atom. The van der Waals surface area contributed by atoms with E-state index in [4.69, 9.17) is 14.0 Å². The van der Waals surface area contributed by atoms with Gasteiger partial charge in [0.1, 0.15) is 11.5 Å². The lowest BCUT2D eigenvalue weighted by atomic mass is 10.1. The number of carbonyl (C=O) groups excluding carboxylic acids is 1. The number of rotatable bonds is 5. The van der Waals surface area contributed by atoms with Gasteiger partial charge in [-0.15, -0.1) is 0 Å². The minimum Gasteiger partial charge on any atom is -0.497 e. The Bertz CT molecular complexity index is 888. The Hall–Kier alpha value is -3.35. The van der Waals surface area contributed by atoms with Crippen LogP contribution in [0.1, 0.15) is 16.2 Å². The second-order valence-electron chi connectivity index (χ2n) is 5.24. The van der Waals surface area contributed by atoms with Crippen molar-refractivity contribution in [2.75, 3.05) is 19.5 Å². The first-order valence-electron chi connectivity index (χ1n) is 7.55. The second-order valence-corrected chi connectivity index (χ2v) is 5.24. The summed E-state index contributed by atoms with van der Waals surface area (Å²) in [6.07, 6.45) is 0. The molecule has 0 fully saturated rings. The molecule has 0 bridgehead atoms. The van der Waals surface area contributed by atoms with E-state index in [0.717, 1.165) is 5.56 Å². The van der Waals surface area contributed by atoms with Crippen molar-refractivity contribution in [3.8, 4) is 23.0 Å². The standard InChI is InChI=1S/C18H17N3O4/c1-11-19-18(25-21-11)13-6-4-12(5-7-13)17(22)20-15-9-8-14(23-2)10-16(15)24-3/h4-10H,1-3H3,(H,20,22). The van der Waals surface area contributed by atoms with Crippen molar-refractivity contribution in [3.63, 3.8) is 0 Å². The summed E-state index contributed by atoms with van der Waals surface area (Å²) in [5.74, 6) is 1.89. The number of hydrogen-bond acceptors (Lipinski definition) is 6. The first kappa shape index (κ1) is 16.5. The molecule has 1 aromatic heterocycles. The summed E-state index contributed by atoms with van der Waals surface area (Å²) in [5.41, 5.74) is 1.81. The first-order chi connectivity index (χ1) is 12.1. The number of carbonyl (C=O) groups is 1. The maximum atomic E-state index is 12.4. The minimum absolute atomic E-state index is 0.253. The fraction of sp³-hybridized carbons (Fsp3) is 0.167. The van der Waals surface area contributed by atoms with Crippen LogP contribution in [0.5, 0.6) is 11.5 Å². The van der Waals surface area contributed by atoms with Gasteiger partial charge in [-0.2, -0.15) is 4.98 Å². The van der Waals surface area contributed by atoms with Crippen molar-refractivity contribution in [3.05, 3.63) is 53.9 Å². The Morgan fingerprint density at radius 1 is 1.08 bits per heavy atom. The second kappa shape index (κ2) is 7.04. The maximum absolute atomic E-state index is 12.4. The molecule has 2 aromatic carbocycles. The number of aryl methyl sites for hydroxylation is 1. The van der Waals surface area contributed by atoms with Crippen LogP contribution in [-0.2, 0) is 0 Å². The molecule has 128 valence electrons.